The van der Waals surface area contributed by atoms with Crippen molar-refractivity contribution in [2.45, 2.75) is 0 Å². The molecule has 0 aliphatic heterocycles. The number of hydrogen-bond acceptors (Lipinski definition) is 4. The average molecular weight is 254 g/mol. The van der Waals surface area contributed by atoms with Crippen LogP contribution < -0.4 is 10.5 Å². The van der Waals surface area contributed by atoms with Gasteiger partial charge >= 0.3 is 0 Å². The highest BCUT2D eigenvalue weighted by atomic mass is 16.5. The summed E-state index contributed by atoms with van der Waals surface area (Å²) in [4.78, 5) is 8.72. The van der Waals surface area contributed by atoms with Gasteiger partial charge in [0, 0.05) is 31.1 Å². The molecule has 0 spiro atoms. The van der Waals surface area contributed by atoms with Gasteiger partial charge in [-0.3, -0.25) is 4.98 Å². The normalized spacial score (nSPS) is 10.8. The van der Waals surface area contributed by atoms with Crippen molar-refractivity contribution < 1.29 is 4.74 Å². The van der Waals surface area contributed by atoms with E-state index >= 15 is 0 Å². The summed E-state index contributed by atoms with van der Waals surface area (Å²) in [6, 6.07) is 7.69. The molecule has 0 unspecified atom stereocenters. The Labute approximate surface area is 110 Å². The third kappa shape index (κ3) is 1.89. The summed E-state index contributed by atoms with van der Waals surface area (Å²) in [5.74, 6) is 1.63. The molecule has 0 radical (unpaired) electrons. The summed E-state index contributed by atoms with van der Waals surface area (Å²) < 4.78 is 7.23. The van der Waals surface area contributed by atoms with Gasteiger partial charge in [0.2, 0.25) is 0 Å². The van der Waals surface area contributed by atoms with E-state index in [1.165, 1.54) is 0 Å². The highest BCUT2D eigenvalue weighted by molar-refractivity contribution is 5.82. The van der Waals surface area contributed by atoms with E-state index in [0.29, 0.717) is 5.69 Å². The molecular weight excluding hydrogens is 240 g/mol. The first-order valence-electron chi connectivity index (χ1n) is 5.90. The Morgan fingerprint density at radius 1 is 1.21 bits per heavy atom. The first kappa shape index (κ1) is 11.5. The third-order valence-corrected chi connectivity index (χ3v) is 3.11. The van der Waals surface area contributed by atoms with Gasteiger partial charge in [0.1, 0.15) is 11.6 Å². The summed E-state index contributed by atoms with van der Waals surface area (Å²) in [6.07, 6.45) is 3.38. The standard InChI is InChI=1S/C14H14N4O/c1-18-13-4-3-11(19-2)6-12(13)17-14(18)9-5-10(15)8-16-7-9/h3-8H,15H2,1-2H3. The lowest BCUT2D eigenvalue weighted by atomic mass is 10.2. The number of imidazole rings is 1. The fourth-order valence-electron chi connectivity index (χ4n) is 2.14. The second-order valence-electron chi connectivity index (χ2n) is 4.36. The van der Waals surface area contributed by atoms with Crippen molar-refractivity contribution in [1.29, 1.82) is 0 Å². The van der Waals surface area contributed by atoms with Crippen LogP contribution in [0.4, 0.5) is 5.69 Å². The van der Waals surface area contributed by atoms with Crippen LogP contribution in [0.25, 0.3) is 22.4 Å². The van der Waals surface area contributed by atoms with E-state index in [1.807, 2.05) is 35.9 Å². The third-order valence-electron chi connectivity index (χ3n) is 3.11. The lowest BCUT2D eigenvalue weighted by Crippen LogP contribution is -1.94. The summed E-state index contributed by atoms with van der Waals surface area (Å²) in [6.45, 7) is 0. The van der Waals surface area contributed by atoms with Gasteiger partial charge in [-0.15, -0.1) is 0 Å². The number of hydrogen-bond donors (Lipinski definition) is 1. The van der Waals surface area contributed by atoms with Gasteiger partial charge in [-0.05, 0) is 18.2 Å². The summed E-state index contributed by atoms with van der Waals surface area (Å²) in [7, 11) is 3.62. The van der Waals surface area contributed by atoms with Crippen molar-refractivity contribution in [3.8, 4) is 17.1 Å². The van der Waals surface area contributed by atoms with Gasteiger partial charge in [0.25, 0.3) is 0 Å². The average Bonchev–Trinajstić information content (AvgIpc) is 2.75. The van der Waals surface area contributed by atoms with Crippen molar-refractivity contribution >= 4 is 16.7 Å². The van der Waals surface area contributed by atoms with Crippen molar-refractivity contribution in [3.63, 3.8) is 0 Å². The lowest BCUT2D eigenvalue weighted by Gasteiger charge is -2.03. The molecule has 1 aromatic carbocycles. The molecule has 0 bridgehead atoms. The maximum Gasteiger partial charge on any atom is 0.142 e. The maximum absolute atomic E-state index is 5.77. The minimum absolute atomic E-state index is 0.627. The highest BCUT2D eigenvalue weighted by Gasteiger charge is 2.11. The van der Waals surface area contributed by atoms with Crippen LogP contribution in [0.3, 0.4) is 0 Å². The van der Waals surface area contributed by atoms with Gasteiger partial charge in [0.05, 0.1) is 23.8 Å². The van der Waals surface area contributed by atoms with Crippen LogP contribution in [0.5, 0.6) is 5.75 Å². The Kier molecular flexibility index (Phi) is 2.59. The van der Waals surface area contributed by atoms with Crippen molar-refractivity contribution in [2.75, 3.05) is 12.8 Å². The van der Waals surface area contributed by atoms with E-state index in [0.717, 1.165) is 28.2 Å². The number of anilines is 1. The number of aromatic nitrogens is 3. The molecule has 2 heterocycles. The van der Waals surface area contributed by atoms with E-state index in [-0.39, 0.29) is 0 Å². The number of aryl methyl sites for hydroxylation is 1. The minimum atomic E-state index is 0.627. The van der Waals surface area contributed by atoms with Crippen LogP contribution in [0.1, 0.15) is 0 Å². The Morgan fingerprint density at radius 3 is 2.79 bits per heavy atom. The molecule has 0 amide bonds. The van der Waals surface area contributed by atoms with Gasteiger partial charge in [-0.1, -0.05) is 0 Å². The quantitative estimate of drug-likeness (QED) is 0.761. The van der Waals surface area contributed by atoms with Gasteiger partial charge in [-0.25, -0.2) is 4.98 Å². The first-order chi connectivity index (χ1) is 9.19. The fraction of sp³-hybridized carbons (Fsp3) is 0.143. The van der Waals surface area contributed by atoms with E-state index in [9.17, 15) is 0 Å². The monoisotopic (exact) mass is 254 g/mol. The van der Waals surface area contributed by atoms with Crippen LogP contribution in [-0.2, 0) is 7.05 Å². The Morgan fingerprint density at radius 2 is 2.05 bits per heavy atom. The number of nitrogens with zero attached hydrogens (tertiary/aromatic N) is 3. The second-order valence-corrected chi connectivity index (χ2v) is 4.36. The number of rotatable bonds is 2. The number of benzene rings is 1. The van der Waals surface area contributed by atoms with Crippen molar-refractivity contribution in [3.05, 3.63) is 36.7 Å². The topological polar surface area (TPSA) is 66.0 Å². The maximum atomic E-state index is 5.77. The van der Waals surface area contributed by atoms with Gasteiger partial charge < -0.3 is 15.0 Å². The summed E-state index contributed by atoms with van der Waals surface area (Å²) in [5.41, 5.74) is 9.22. The largest absolute Gasteiger partial charge is 0.497 e. The molecule has 0 fully saturated rings. The van der Waals surface area contributed by atoms with Crippen LogP contribution in [0.2, 0.25) is 0 Å². The zero-order valence-electron chi connectivity index (χ0n) is 10.8. The van der Waals surface area contributed by atoms with Crippen molar-refractivity contribution in [2.24, 2.45) is 7.05 Å². The molecule has 19 heavy (non-hydrogen) atoms. The molecule has 0 aliphatic carbocycles. The molecule has 5 nitrogen and oxygen atoms in total. The lowest BCUT2D eigenvalue weighted by molar-refractivity contribution is 0.415. The number of pyridine rings is 1. The number of nitrogen functional groups attached to an aromatic ring is 1. The first-order valence-corrected chi connectivity index (χ1v) is 5.90. The number of methoxy groups -OCH3 is 1. The Balaban J connectivity index is 2.22. The Bertz CT molecular complexity index is 748. The van der Waals surface area contributed by atoms with E-state index in [4.69, 9.17) is 10.5 Å². The molecule has 2 N–H and O–H groups in total. The molecule has 96 valence electrons. The molecule has 0 aliphatic rings. The summed E-state index contributed by atoms with van der Waals surface area (Å²) in [5, 5.41) is 0. The van der Waals surface area contributed by atoms with Crippen LogP contribution >= 0.6 is 0 Å². The number of fused-ring (bicyclic) bond motifs is 1. The smallest absolute Gasteiger partial charge is 0.142 e. The molecular formula is C14H14N4O. The zero-order chi connectivity index (χ0) is 13.4. The zero-order valence-corrected chi connectivity index (χ0v) is 10.8. The van der Waals surface area contributed by atoms with E-state index < -0.39 is 0 Å². The fourth-order valence-corrected chi connectivity index (χ4v) is 2.14. The number of nitrogens with two attached hydrogens (primary N) is 1. The molecule has 2 aromatic heterocycles. The Hall–Kier alpha value is -2.56. The van der Waals surface area contributed by atoms with Gasteiger partial charge in [-0.2, -0.15) is 0 Å². The molecule has 0 atom stereocenters. The predicted octanol–water partition coefficient (Wildman–Crippen LogP) is 2.23. The predicted molar refractivity (Wildman–Crippen MR) is 74.9 cm³/mol. The molecule has 0 saturated carbocycles. The molecule has 0 saturated heterocycles. The molecule has 3 rings (SSSR count). The van der Waals surface area contributed by atoms with Crippen LogP contribution in [0.15, 0.2) is 36.7 Å². The number of ether oxygens (including phenoxy) is 1. The van der Waals surface area contributed by atoms with E-state index in [1.54, 1.807) is 19.5 Å². The van der Waals surface area contributed by atoms with Crippen LogP contribution in [0, 0.1) is 0 Å². The second kappa shape index (κ2) is 4.28. The molecule has 5 heteroatoms. The summed E-state index contributed by atoms with van der Waals surface area (Å²) >= 11 is 0. The van der Waals surface area contributed by atoms with Crippen LogP contribution in [-0.4, -0.2) is 21.6 Å². The highest BCUT2D eigenvalue weighted by Crippen LogP contribution is 2.26. The van der Waals surface area contributed by atoms with Gasteiger partial charge in [0.15, 0.2) is 0 Å². The SMILES string of the molecule is COc1ccc2c(c1)nc(-c1cncc(N)c1)n2C. The van der Waals surface area contributed by atoms with Crippen molar-refractivity contribution in [1.82, 2.24) is 14.5 Å². The van der Waals surface area contributed by atoms with E-state index in [2.05, 4.69) is 9.97 Å². The molecule has 3 aromatic rings. The minimum Gasteiger partial charge on any atom is -0.497 e.